The second kappa shape index (κ2) is 2.89. The monoisotopic (exact) mass is 184 g/mol. The lowest BCUT2D eigenvalue weighted by Crippen LogP contribution is -2.24. The van der Waals surface area contributed by atoms with Crippen LogP contribution >= 0.6 is 0 Å². The first-order valence-electron chi connectivity index (χ1n) is 3.45. The standard InChI is InChI=1S/C7H8N2O4/c1-3-5(10)4(7(12)13)8-9(2)6(3)11/h10H,1-2H3,(H,12,13). The molecule has 70 valence electrons. The predicted molar refractivity (Wildman–Crippen MR) is 42.8 cm³/mol. The van der Waals surface area contributed by atoms with Crippen LogP contribution in [0, 0.1) is 6.92 Å². The van der Waals surface area contributed by atoms with Crippen molar-refractivity contribution in [1.29, 1.82) is 0 Å². The SMILES string of the molecule is Cc1c(O)c(C(=O)O)nn(C)c1=O. The number of aryl methyl sites for hydroxylation is 1. The molecule has 1 rings (SSSR count). The first-order valence-corrected chi connectivity index (χ1v) is 3.45. The number of rotatable bonds is 1. The van der Waals surface area contributed by atoms with Crippen LogP contribution in [0.15, 0.2) is 4.79 Å². The average Bonchev–Trinajstić information content (AvgIpc) is 2.07. The van der Waals surface area contributed by atoms with Gasteiger partial charge in [0.05, 0.1) is 5.56 Å². The van der Waals surface area contributed by atoms with Crippen molar-refractivity contribution >= 4 is 5.97 Å². The van der Waals surface area contributed by atoms with E-state index >= 15 is 0 Å². The lowest BCUT2D eigenvalue weighted by atomic mass is 10.2. The van der Waals surface area contributed by atoms with E-state index in [2.05, 4.69) is 5.10 Å². The summed E-state index contributed by atoms with van der Waals surface area (Å²) in [6.07, 6.45) is 0. The Kier molecular flexibility index (Phi) is 2.05. The first-order chi connectivity index (χ1) is 5.95. The van der Waals surface area contributed by atoms with Crippen molar-refractivity contribution in [2.75, 3.05) is 0 Å². The minimum atomic E-state index is -1.36. The van der Waals surface area contributed by atoms with E-state index in [1.807, 2.05) is 0 Å². The highest BCUT2D eigenvalue weighted by Gasteiger charge is 2.17. The Balaban J connectivity index is 3.60. The summed E-state index contributed by atoms with van der Waals surface area (Å²) in [4.78, 5) is 21.6. The van der Waals surface area contributed by atoms with Gasteiger partial charge in [-0.1, -0.05) is 0 Å². The second-order valence-electron chi connectivity index (χ2n) is 2.56. The number of hydrogen-bond acceptors (Lipinski definition) is 4. The molecule has 0 aliphatic rings. The Labute approximate surface area is 73.1 Å². The van der Waals surface area contributed by atoms with Gasteiger partial charge in [-0.3, -0.25) is 4.79 Å². The Bertz CT molecular complexity index is 421. The third-order valence-corrected chi connectivity index (χ3v) is 1.65. The van der Waals surface area contributed by atoms with E-state index in [0.29, 0.717) is 0 Å². The molecule has 0 atom stereocenters. The number of aromatic nitrogens is 2. The summed E-state index contributed by atoms with van der Waals surface area (Å²) in [7, 11) is 1.32. The fraction of sp³-hybridized carbons (Fsp3) is 0.286. The molecular formula is C7H8N2O4. The smallest absolute Gasteiger partial charge is 0.360 e. The van der Waals surface area contributed by atoms with Gasteiger partial charge in [-0.15, -0.1) is 0 Å². The minimum Gasteiger partial charge on any atom is -0.505 e. The molecule has 0 spiro atoms. The van der Waals surface area contributed by atoms with Crippen LogP contribution in [0.4, 0.5) is 0 Å². The molecule has 6 heteroatoms. The van der Waals surface area contributed by atoms with Gasteiger partial charge in [-0.05, 0) is 6.92 Å². The van der Waals surface area contributed by atoms with E-state index in [4.69, 9.17) is 5.11 Å². The summed E-state index contributed by atoms with van der Waals surface area (Å²) in [5.74, 6) is -1.94. The molecule has 0 unspecified atom stereocenters. The highest BCUT2D eigenvalue weighted by Crippen LogP contribution is 2.15. The number of hydrogen-bond donors (Lipinski definition) is 2. The van der Waals surface area contributed by atoms with Crippen molar-refractivity contribution in [2.45, 2.75) is 6.92 Å². The van der Waals surface area contributed by atoms with Crippen LogP contribution in [0.5, 0.6) is 5.75 Å². The van der Waals surface area contributed by atoms with Crippen LogP contribution in [-0.4, -0.2) is 26.0 Å². The Morgan fingerprint density at radius 2 is 2.08 bits per heavy atom. The van der Waals surface area contributed by atoms with Gasteiger partial charge >= 0.3 is 5.97 Å². The number of aromatic carboxylic acids is 1. The maximum Gasteiger partial charge on any atom is 0.360 e. The van der Waals surface area contributed by atoms with Crippen LogP contribution in [0.2, 0.25) is 0 Å². The summed E-state index contributed by atoms with van der Waals surface area (Å²) in [6, 6.07) is 0. The van der Waals surface area contributed by atoms with E-state index < -0.39 is 23.0 Å². The summed E-state index contributed by atoms with van der Waals surface area (Å²) in [6.45, 7) is 1.34. The Morgan fingerprint density at radius 1 is 1.54 bits per heavy atom. The quantitative estimate of drug-likeness (QED) is 0.613. The van der Waals surface area contributed by atoms with Gasteiger partial charge in [0.25, 0.3) is 5.56 Å². The highest BCUT2D eigenvalue weighted by molar-refractivity contribution is 5.88. The molecule has 0 saturated heterocycles. The van der Waals surface area contributed by atoms with E-state index in [0.717, 1.165) is 4.68 Å². The Hall–Kier alpha value is -1.85. The number of carbonyl (C=O) groups is 1. The van der Waals surface area contributed by atoms with Gasteiger partial charge in [0, 0.05) is 7.05 Å². The molecule has 13 heavy (non-hydrogen) atoms. The predicted octanol–water partition coefficient (Wildman–Crippen LogP) is -0.507. The zero-order chi connectivity index (χ0) is 10.2. The van der Waals surface area contributed by atoms with Gasteiger partial charge in [-0.2, -0.15) is 5.10 Å². The maximum atomic E-state index is 11.1. The summed E-state index contributed by atoms with van der Waals surface area (Å²) in [5, 5.41) is 21.2. The number of nitrogens with zero attached hydrogens (tertiary/aromatic N) is 2. The normalized spacial score (nSPS) is 10.0. The van der Waals surface area contributed by atoms with Gasteiger partial charge in [0.15, 0.2) is 5.75 Å². The molecule has 1 aromatic heterocycles. The molecule has 0 radical (unpaired) electrons. The molecular weight excluding hydrogens is 176 g/mol. The van der Waals surface area contributed by atoms with Crippen LogP contribution in [-0.2, 0) is 7.05 Å². The van der Waals surface area contributed by atoms with Crippen LogP contribution < -0.4 is 5.56 Å². The molecule has 0 amide bonds. The summed E-state index contributed by atoms with van der Waals surface area (Å²) < 4.78 is 0.874. The van der Waals surface area contributed by atoms with Crippen molar-refractivity contribution in [1.82, 2.24) is 9.78 Å². The number of aromatic hydroxyl groups is 1. The van der Waals surface area contributed by atoms with Crippen molar-refractivity contribution in [3.05, 3.63) is 21.6 Å². The molecule has 2 N–H and O–H groups in total. The Morgan fingerprint density at radius 3 is 2.54 bits per heavy atom. The maximum absolute atomic E-state index is 11.1. The molecule has 0 aromatic carbocycles. The molecule has 6 nitrogen and oxygen atoms in total. The first kappa shape index (κ1) is 9.24. The van der Waals surface area contributed by atoms with Crippen molar-refractivity contribution in [2.24, 2.45) is 7.05 Å². The molecule has 0 aliphatic carbocycles. The summed E-state index contributed by atoms with van der Waals surface area (Å²) in [5.41, 5.74) is -1.04. The van der Waals surface area contributed by atoms with E-state index in [9.17, 15) is 14.7 Å². The van der Waals surface area contributed by atoms with Gasteiger partial charge in [0.1, 0.15) is 0 Å². The zero-order valence-corrected chi connectivity index (χ0v) is 7.11. The van der Waals surface area contributed by atoms with Crippen LogP contribution in [0.25, 0.3) is 0 Å². The second-order valence-corrected chi connectivity index (χ2v) is 2.56. The van der Waals surface area contributed by atoms with Crippen molar-refractivity contribution in [3.8, 4) is 5.75 Å². The van der Waals surface area contributed by atoms with Gasteiger partial charge in [0.2, 0.25) is 5.69 Å². The molecule has 0 aliphatic heterocycles. The average molecular weight is 184 g/mol. The zero-order valence-electron chi connectivity index (χ0n) is 7.11. The largest absolute Gasteiger partial charge is 0.505 e. The fourth-order valence-corrected chi connectivity index (χ4v) is 0.908. The lowest BCUT2D eigenvalue weighted by Gasteiger charge is -2.03. The van der Waals surface area contributed by atoms with Crippen molar-refractivity contribution < 1.29 is 15.0 Å². The third kappa shape index (κ3) is 1.37. The van der Waals surface area contributed by atoms with Crippen LogP contribution in [0.3, 0.4) is 0 Å². The molecule has 1 heterocycles. The fourth-order valence-electron chi connectivity index (χ4n) is 0.908. The van der Waals surface area contributed by atoms with Gasteiger partial charge in [-0.25, -0.2) is 9.48 Å². The summed E-state index contributed by atoms with van der Waals surface area (Å²) >= 11 is 0. The van der Waals surface area contributed by atoms with Crippen molar-refractivity contribution in [3.63, 3.8) is 0 Å². The topological polar surface area (TPSA) is 92.4 Å². The number of carboxylic acid groups (broad SMARTS) is 1. The minimum absolute atomic E-state index is 0.0186. The van der Waals surface area contributed by atoms with E-state index in [-0.39, 0.29) is 5.56 Å². The highest BCUT2D eigenvalue weighted by atomic mass is 16.4. The lowest BCUT2D eigenvalue weighted by molar-refractivity contribution is 0.0683. The van der Waals surface area contributed by atoms with E-state index in [1.54, 1.807) is 0 Å². The van der Waals surface area contributed by atoms with Crippen LogP contribution in [0.1, 0.15) is 16.1 Å². The molecule has 0 saturated carbocycles. The third-order valence-electron chi connectivity index (χ3n) is 1.65. The molecule has 0 bridgehead atoms. The van der Waals surface area contributed by atoms with E-state index in [1.165, 1.54) is 14.0 Å². The number of carboxylic acids is 1. The molecule has 1 aromatic rings. The van der Waals surface area contributed by atoms with Gasteiger partial charge < -0.3 is 10.2 Å². The molecule has 0 fully saturated rings.